The normalized spacial score (nSPS) is 20.8. The fraction of sp³-hybridized carbons (Fsp3) is 0.909. The molecule has 1 aliphatic heterocycles. The van der Waals surface area contributed by atoms with Crippen LogP contribution in [-0.2, 0) is 14.8 Å². The monoisotopic (exact) mass is 294 g/mol. The molecule has 0 aromatic heterocycles. The Kier molecular flexibility index (Phi) is 5.51. The molecular weight excluding hydrogens is 272 g/mol. The van der Waals surface area contributed by atoms with Crippen LogP contribution in [-0.4, -0.2) is 48.8 Å². The summed E-state index contributed by atoms with van der Waals surface area (Å²) in [5.74, 6) is 0.196. The molecule has 5 nitrogen and oxygen atoms in total. The lowest BCUT2D eigenvalue weighted by Crippen LogP contribution is -2.54. The molecule has 106 valence electrons. The maximum absolute atomic E-state index is 11.9. The van der Waals surface area contributed by atoms with Crippen molar-refractivity contribution in [1.82, 2.24) is 4.31 Å². The van der Waals surface area contributed by atoms with E-state index in [9.17, 15) is 8.42 Å². The molecule has 1 aliphatic rings. The van der Waals surface area contributed by atoms with Crippen LogP contribution in [0.2, 0.25) is 0 Å². The molecular formula is C11H22N2O3S2. The number of sulfonamides is 1. The van der Waals surface area contributed by atoms with Crippen molar-refractivity contribution < 1.29 is 13.2 Å². The highest BCUT2D eigenvalue weighted by molar-refractivity contribution is 7.89. The van der Waals surface area contributed by atoms with E-state index in [1.165, 1.54) is 4.31 Å². The molecule has 1 saturated heterocycles. The molecule has 18 heavy (non-hydrogen) atoms. The van der Waals surface area contributed by atoms with Gasteiger partial charge in [0.25, 0.3) is 0 Å². The summed E-state index contributed by atoms with van der Waals surface area (Å²) in [6, 6.07) is 0. The predicted octanol–water partition coefficient (Wildman–Crippen LogP) is 0.883. The quantitative estimate of drug-likeness (QED) is 0.736. The second-order valence-electron chi connectivity index (χ2n) is 4.51. The molecule has 0 radical (unpaired) electrons. The van der Waals surface area contributed by atoms with Gasteiger partial charge in [-0.3, -0.25) is 0 Å². The van der Waals surface area contributed by atoms with E-state index < -0.39 is 15.6 Å². The van der Waals surface area contributed by atoms with Gasteiger partial charge in [-0.2, -0.15) is 0 Å². The van der Waals surface area contributed by atoms with Crippen LogP contribution in [0.25, 0.3) is 0 Å². The minimum absolute atomic E-state index is 0.196. The summed E-state index contributed by atoms with van der Waals surface area (Å²) in [5.41, 5.74) is 5.12. The van der Waals surface area contributed by atoms with Crippen molar-refractivity contribution in [2.45, 2.75) is 38.7 Å². The number of hydrogen-bond donors (Lipinski definition) is 1. The van der Waals surface area contributed by atoms with Crippen LogP contribution < -0.4 is 5.73 Å². The molecule has 1 heterocycles. The third-order valence-corrected chi connectivity index (χ3v) is 5.70. The Morgan fingerprint density at radius 3 is 2.33 bits per heavy atom. The third kappa shape index (κ3) is 3.40. The van der Waals surface area contributed by atoms with Crippen molar-refractivity contribution in [2.24, 2.45) is 5.73 Å². The molecule has 2 N–H and O–H groups in total. The van der Waals surface area contributed by atoms with Gasteiger partial charge in [-0.15, -0.1) is 0 Å². The lowest BCUT2D eigenvalue weighted by Gasteiger charge is -2.40. The SMILES string of the molecule is CCCS(=O)(=O)N1CCC(OCC)(C(N)=S)CC1. The summed E-state index contributed by atoms with van der Waals surface area (Å²) >= 11 is 5.06. The van der Waals surface area contributed by atoms with Crippen LogP contribution in [0, 0.1) is 0 Å². The lowest BCUT2D eigenvalue weighted by molar-refractivity contribution is -0.0163. The Bertz CT molecular complexity index is 387. The van der Waals surface area contributed by atoms with E-state index in [1.54, 1.807) is 0 Å². The molecule has 0 unspecified atom stereocenters. The van der Waals surface area contributed by atoms with Gasteiger partial charge in [0, 0.05) is 19.7 Å². The molecule has 7 heteroatoms. The van der Waals surface area contributed by atoms with Crippen molar-refractivity contribution >= 4 is 27.2 Å². The predicted molar refractivity (Wildman–Crippen MR) is 76.0 cm³/mol. The highest BCUT2D eigenvalue weighted by Crippen LogP contribution is 2.28. The minimum atomic E-state index is -3.13. The summed E-state index contributed by atoms with van der Waals surface area (Å²) in [5, 5.41) is 0. The van der Waals surface area contributed by atoms with Gasteiger partial charge in [-0.25, -0.2) is 12.7 Å². The Labute approximate surface area is 115 Å². The molecule has 0 atom stereocenters. The molecule has 0 aromatic carbocycles. The van der Waals surface area contributed by atoms with Gasteiger partial charge < -0.3 is 10.5 Å². The summed E-state index contributed by atoms with van der Waals surface area (Å²) in [6.07, 6.45) is 1.71. The van der Waals surface area contributed by atoms with Crippen LogP contribution in [0.5, 0.6) is 0 Å². The van der Waals surface area contributed by atoms with E-state index in [2.05, 4.69) is 0 Å². The topological polar surface area (TPSA) is 72.6 Å². The van der Waals surface area contributed by atoms with Crippen molar-refractivity contribution in [3.63, 3.8) is 0 Å². The fourth-order valence-corrected chi connectivity index (χ4v) is 4.03. The smallest absolute Gasteiger partial charge is 0.214 e. The van der Waals surface area contributed by atoms with E-state index in [0.717, 1.165) is 0 Å². The Morgan fingerprint density at radius 2 is 1.94 bits per heavy atom. The number of nitrogens with zero attached hydrogens (tertiary/aromatic N) is 1. The summed E-state index contributed by atoms with van der Waals surface area (Å²) in [7, 11) is -3.13. The molecule has 0 bridgehead atoms. The second-order valence-corrected chi connectivity index (χ2v) is 7.03. The van der Waals surface area contributed by atoms with Crippen LogP contribution in [0.3, 0.4) is 0 Å². The number of ether oxygens (including phenoxy) is 1. The van der Waals surface area contributed by atoms with E-state index in [-0.39, 0.29) is 5.75 Å². The molecule has 0 amide bonds. The zero-order chi connectivity index (χ0) is 13.8. The summed E-state index contributed by atoms with van der Waals surface area (Å²) in [6.45, 7) is 5.14. The molecule has 1 fully saturated rings. The van der Waals surface area contributed by atoms with E-state index in [1.807, 2.05) is 13.8 Å². The number of piperidine rings is 1. The van der Waals surface area contributed by atoms with Crippen molar-refractivity contribution in [3.8, 4) is 0 Å². The third-order valence-electron chi connectivity index (χ3n) is 3.26. The van der Waals surface area contributed by atoms with Crippen LogP contribution >= 0.6 is 12.2 Å². The molecule has 0 aliphatic carbocycles. The summed E-state index contributed by atoms with van der Waals surface area (Å²) in [4.78, 5) is 0.330. The van der Waals surface area contributed by atoms with Gasteiger partial charge in [0.2, 0.25) is 10.0 Å². The standard InChI is InChI=1S/C11H22N2O3S2/c1-3-9-18(14,15)13-7-5-11(6-8-13,10(12)17)16-4-2/h3-9H2,1-2H3,(H2,12,17). The molecule has 0 spiro atoms. The molecule has 0 saturated carbocycles. The lowest BCUT2D eigenvalue weighted by atomic mass is 9.92. The largest absolute Gasteiger partial charge is 0.391 e. The van der Waals surface area contributed by atoms with Crippen molar-refractivity contribution in [2.75, 3.05) is 25.4 Å². The van der Waals surface area contributed by atoms with E-state index in [4.69, 9.17) is 22.7 Å². The Hall–Kier alpha value is -0.240. The first-order chi connectivity index (χ1) is 8.38. The first-order valence-electron chi connectivity index (χ1n) is 6.29. The molecule has 1 rings (SSSR count). The zero-order valence-corrected chi connectivity index (χ0v) is 12.6. The average Bonchev–Trinajstić information content (AvgIpc) is 2.29. The zero-order valence-electron chi connectivity index (χ0n) is 11.0. The highest BCUT2D eigenvalue weighted by atomic mass is 32.2. The van der Waals surface area contributed by atoms with Crippen molar-refractivity contribution in [3.05, 3.63) is 0 Å². The average molecular weight is 294 g/mol. The van der Waals surface area contributed by atoms with Gasteiger partial charge >= 0.3 is 0 Å². The van der Waals surface area contributed by atoms with Gasteiger partial charge in [0.05, 0.1) is 5.75 Å². The van der Waals surface area contributed by atoms with Crippen LogP contribution in [0.4, 0.5) is 0 Å². The van der Waals surface area contributed by atoms with Gasteiger partial charge in [0.15, 0.2) is 0 Å². The first kappa shape index (κ1) is 15.8. The fourth-order valence-electron chi connectivity index (χ4n) is 2.25. The van der Waals surface area contributed by atoms with Gasteiger partial charge in [-0.05, 0) is 26.2 Å². The highest BCUT2D eigenvalue weighted by Gasteiger charge is 2.40. The number of rotatable bonds is 6. The van der Waals surface area contributed by atoms with E-state index in [0.29, 0.717) is 43.9 Å². The maximum atomic E-state index is 11.9. The maximum Gasteiger partial charge on any atom is 0.214 e. The Morgan fingerprint density at radius 1 is 1.39 bits per heavy atom. The van der Waals surface area contributed by atoms with Crippen LogP contribution in [0.1, 0.15) is 33.1 Å². The minimum Gasteiger partial charge on any atom is -0.391 e. The van der Waals surface area contributed by atoms with Crippen molar-refractivity contribution in [1.29, 1.82) is 0 Å². The second kappa shape index (κ2) is 6.27. The van der Waals surface area contributed by atoms with Gasteiger partial charge in [-0.1, -0.05) is 19.1 Å². The molecule has 0 aromatic rings. The van der Waals surface area contributed by atoms with E-state index >= 15 is 0 Å². The van der Waals surface area contributed by atoms with Gasteiger partial charge in [0.1, 0.15) is 10.6 Å². The number of thiocarbonyl (C=S) groups is 1. The summed E-state index contributed by atoms with van der Waals surface area (Å²) < 4.78 is 31.1. The first-order valence-corrected chi connectivity index (χ1v) is 8.31. The Balaban J connectivity index is 2.72. The number of nitrogens with two attached hydrogens (primary N) is 1. The number of hydrogen-bond acceptors (Lipinski definition) is 4. The van der Waals surface area contributed by atoms with Crippen LogP contribution in [0.15, 0.2) is 0 Å².